The molecule has 1 aromatic heterocycles. The highest BCUT2D eigenvalue weighted by molar-refractivity contribution is 6.69. The van der Waals surface area contributed by atoms with E-state index in [9.17, 15) is 0 Å². The van der Waals surface area contributed by atoms with E-state index in [4.69, 9.17) is 4.43 Å². The van der Waals surface area contributed by atoms with Crippen LogP contribution in [0.2, 0.25) is 19.6 Å². The fraction of sp³-hybridized carbons (Fsp3) is 0.667. The van der Waals surface area contributed by atoms with Crippen LogP contribution in [0.5, 0.6) is 0 Å². The second-order valence-corrected chi connectivity index (χ2v) is 8.83. The molecule has 0 aliphatic carbocycles. The summed E-state index contributed by atoms with van der Waals surface area (Å²) in [6, 6.07) is 2.06. The number of aromatic nitrogens is 2. The average molecular weight is 198 g/mol. The molecule has 0 amide bonds. The van der Waals surface area contributed by atoms with Crippen molar-refractivity contribution in [3.8, 4) is 0 Å². The fourth-order valence-corrected chi connectivity index (χ4v) is 1.57. The molecule has 0 atom stereocenters. The van der Waals surface area contributed by atoms with Crippen molar-refractivity contribution in [1.82, 2.24) is 9.78 Å². The number of nitrogens with zero attached hydrogens (tertiary/aromatic N) is 2. The molecule has 0 aliphatic heterocycles. The van der Waals surface area contributed by atoms with E-state index in [1.165, 1.54) is 0 Å². The van der Waals surface area contributed by atoms with Crippen LogP contribution in [-0.4, -0.2) is 18.1 Å². The lowest BCUT2D eigenvalue weighted by atomic mass is 10.4. The number of hydrogen-bond donors (Lipinski definition) is 0. The van der Waals surface area contributed by atoms with Gasteiger partial charge in [-0.1, -0.05) is 0 Å². The first-order valence-electron chi connectivity index (χ1n) is 4.53. The van der Waals surface area contributed by atoms with Crippen LogP contribution in [0.25, 0.3) is 0 Å². The van der Waals surface area contributed by atoms with Gasteiger partial charge in [0, 0.05) is 5.69 Å². The third-order valence-electron chi connectivity index (χ3n) is 1.72. The maximum atomic E-state index is 5.75. The van der Waals surface area contributed by atoms with E-state index >= 15 is 0 Å². The predicted octanol–water partition coefficient (Wildman–Crippen LogP) is 2.31. The Morgan fingerprint density at radius 2 is 2.00 bits per heavy atom. The Morgan fingerprint density at radius 3 is 2.38 bits per heavy atom. The summed E-state index contributed by atoms with van der Waals surface area (Å²) in [6.45, 7) is 11.2. The summed E-state index contributed by atoms with van der Waals surface area (Å²) in [5.41, 5.74) is 2.22. The maximum Gasteiger partial charge on any atom is 0.186 e. The molecule has 74 valence electrons. The van der Waals surface area contributed by atoms with Crippen LogP contribution in [0, 0.1) is 13.8 Å². The Morgan fingerprint density at radius 1 is 1.38 bits per heavy atom. The van der Waals surface area contributed by atoms with Crippen molar-refractivity contribution in [3.05, 3.63) is 17.5 Å². The third-order valence-corrected chi connectivity index (χ3v) is 2.72. The molecule has 0 saturated heterocycles. The largest absolute Gasteiger partial charge is 0.399 e. The third kappa shape index (κ3) is 3.32. The zero-order chi connectivity index (χ0) is 10.1. The van der Waals surface area contributed by atoms with Gasteiger partial charge >= 0.3 is 0 Å². The Hall–Kier alpha value is -0.613. The van der Waals surface area contributed by atoms with Gasteiger partial charge in [-0.2, -0.15) is 5.10 Å². The molecule has 0 bridgehead atoms. The van der Waals surface area contributed by atoms with E-state index in [0.717, 1.165) is 11.4 Å². The van der Waals surface area contributed by atoms with Crippen molar-refractivity contribution < 1.29 is 4.43 Å². The van der Waals surface area contributed by atoms with E-state index in [0.29, 0.717) is 6.73 Å². The minimum Gasteiger partial charge on any atom is -0.399 e. The molecule has 0 radical (unpaired) electrons. The van der Waals surface area contributed by atoms with Crippen molar-refractivity contribution in [2.75, 3.05) is 0 Å². The predicted molar refractivity (Wildman–Crippen MR) is 56.1 cm³/mol. The maximum absolute atomic E-state index is 5.75. The lowest BCUT2D eigenvalue weighted by Crippen LogP contribution is -2.27. The van der Waals surface area contributed by atoms with Crippen molar-refractivity contribution in [2.24, 2.45) is 0 Å². The lowest BCUT2D eigenvalue weighted by molar-refractivity contribution is 0.210. The van der Waals surface area contributed by atoms with Crippen molar-refractivity contribution in [1.29, 1.82) is 0 Å². The number of rotatable bonds is 3. The van der Waals surface area contributed by atoms with Gasteiger partial charge in [0.05, 0.1) is 5.69 Å². The Labute approximate surface area is 80.8 Å². The second kappa shape index (κ2) is 3.63. The zero-order valence-electron chi connectivity index (χ0n) is 9.09. The molecule has 1 heterocycles. The summed E-state index contributed by atoms with van der Waals surface area (Å²) >= 11 is 0. The van der Waals surface area contributed by atoms with Crippen molar-refractivity contribution >= 4 is 8.32 Å². The summed E-state index contributed by atoms with van der Waals surface area (Å²) < 4.78 is 7.66. The molecule has 1 aromatic rings. The molecule has 0 aromatic carbocycles. The second-order valence-electron chi connectivity index (χ2n) is 4.31. The Bertz CT molecular complexity index is 288. The first-order chi connectivity index (χ1) is 5.88. The molecule has 1 rings (SSSR count). The first-order valence-corrected chi connectivity index (χ1v) is 7.94. The highest BCUT2D eigenvalue weighted by Crippen LogP contribution is 2.07. The van der Waals surface area contributed by atoms with Crippen LogP contribution in [0.4, 0.5) is 0 Å². The van der Waals surface area contributed by atoms with Gasteiger partial charge in [0.15, 0.2) is 8.32 Å². The van der Waals surface area contributed by atoms with Crippen molar-refractivity contribution in [3.63, 3.8) is 0 Å². The minimum atomic E-state index is -1.41. The van der Waals surface area contributed by atoms with Crippen LogP contribution in [0.15, 0.2) is 6.07 Å². The summed E-state index contributed by atoms with van der Waals surface area (Å²) in [5.74, 6) is 0. The van der Waals surface area contributed by atoms with Gasteiger partial charge in [0.25, 0.3) is 0 Å². The standard InChI is InChI=1S/C9H18N2OSi/c1-8-6-9(2)11(10-8)7-12-13(3,4)5/h6H,7H2,1-5H3. The molecule has 0 spiro atoms. The quantitative estimate of drug-likeness (QED) is 0.697. The van der Waals surface area contributed by atoms with E-state index in [2.05, 4.69) is 30.8 Å². The summed E-state index contributed by atoms with van der Waals surface area (Å²) in [7, 11) is -1.41. The van der Waals surface area contributed by atoms with Crippen molar-refractivity contribution in [2.45, 2.75) is 40.2 Å². The van der Waals surface area contributed by atoms with E-state index < -0.39 is 8.32 Å². The average Bonchev–Trinajstić information content (AvgIpc) is 2.24. The van der Waals surface area contributed by atoms with Gasteiger partial charge in [0.1, 0.15) is 6.73 Å². The van der Waals surface area contributed by atoms with Gasteiger partial charge < -0.3 is 4.43 Å². The highest BCUT2D eigenvalue weighted by Gasteiger charge is 2.14. The summed E-state index contributed by atoms with van der Waals surface area (Å²) in [5, 5.41) is 4.33. The van der Waals surface area contributed by atoms with Gasteiger partial charge in [-0.15, -0.1) is 0 Å². The SMILES string of the molecule is Cc1cc(C)n(CO[Si](C)(C)C)n1. The summed E-state index contributed by atoms with van der Waals surface area (Å²) in [6.07, 6.45) is 0. The highest BCUT2D eigenvalue weighted by atomic mass is 28.4. The Balaban J connectivity index is 2.59. The molecular weight excluding hydrogens is 180 g/mol. The Kier molecular flexibility index (Phi) is 2.93. The van der Waals surface area contributed by atoms with Gasteiger partial charge in [-0.3, -0.25) is 0 Å². The van der Waals surface area contributed by atoms with Gasteiger partial charge in [0.2, 0.25) is 0 Å². The lowest BCUT2D eigenvalue weighted by Gasteiger charge is -2.17. The van der Waals surface area contributed by atoms with Gasteiger partial charge in [-0.05, 0) is 39.6 Å². The molecule has 0 saturated carbocycles. The van der Waals surface area contributed by atoms with E-state index in [1.54, 1.807) is 0 Å². The topological polar surface area (TPSA) is 27.1 Å². The fourth-order valence-electron chi connectivity index (χ4n) is 1.06. The molecular formula is C9H18N2OSi. The van der Waals surface area contributed by atoms with Crippen LogP contribution in [0.1, 0.15) is 11.4 Å². The van der Waals surface area contributed by atoms with E-state index in [-0.39, 0.29) is 0 Å². The number of aryl methyl sites for hydroxylation is 2. The monoisotopic (exact) mass is 198 g/mol. The van der Waals surface area contributed by atoms with E-state index in [1.807, 2.05) is 18.5 Å². The van der Waals surface area contributed by atoms with Crippen LogP contribution >= 0.6 is 0 Å². The molecule has 0 unspecified atom stereocenters. The minimum absolute atomic E-state index is 0.593. The molecule has 13 heavy (non-hydrogen) atoms. The molecule has 0 fully saturated rings. The van der Waals surface area contributed by atoms with Crippen LogP contribution in [-0.2, 0) is 11.2 Å². The molecule has 4 heteroatoms. The smallest absolute Gasteiger partial charge is 0.186 e. The summed E-state index contributed by atoms with van der Waals surface area (Å²) in [4.78, 5) is 0. The zero-order valence-corrected chi connectivity index (χ0v) is 10.1. The first kappa shape index (κ1) is 10.5. The number of hydrogen-bond acceptors (Lipinski definition) is 2. The molecule has 0 N–H and O–H groups in total. The molecule has 3 nitrogen and oxygen atoms in total. The normalized spacial score (nSPS) is 12.1. The van der Waals surface area contributed by atoms with Crippen LogP contribution in [0.3, 0.4) is 0 Å². The van der Waals surface area contributed by atoms with Crippen LogP contribution < -0.4 is 0 Å². The van der Waals surface area contributed by atoms with Gasteiger partial charge in [-0.25, -0.2) is 4.68 Å². The molecule has 0 aliphatic rings.